The molecule has 1 aromatic heterocycles. The van der Waals surface area contributed by atoms with Crippen LogP contribution in [0.15, 0.2) is 6.20 Å². The minimum Gasteiger partial charge on any atom is -0.388 e. The highest BCUT2D eigenvalue weighted by atomic mass is 16.5. The van der Waals surface area contributed by atoms with Crippen LogP contribution in [0.4, 0.5) is 0 Å². The summed E-state index contributed by atoms with van der Waals surface area (Å²) in [6.45, 7) is 1.99. The molecular weight excluding hydrogens is 258 g/mol. The number of nitrogens with one attached hydrogen (secondary N) is 1. The van der Waals surface area contributed by atoms with Gasteiger partial charge in [-0.2, -0.15) is 5.10 Å². The third-order valence-corrected chi connectivity index (χ3v) is 4.16. The number of rotatable bonds is 5. The first-order valence-corrected chi connectivity index (χ1v) is 7.00. The van der Waals surface area contributed by atoms with Crippen molar-refractivity contribution in [1.29, 1.82) is 0 Å². The number of aliphatic hydroxyl groups excluding tert-OH is 1. The fourth-order valence-corrected chi connectivity index (χ4v) is 2.68. The van der Waals surface area contributed by atoms with Crippen LogP contribution in [-0.4, -0.2) is 46.2 Å². The Bertz CT molecular complexity index is 472. The first kappa shape index (κ1) is 15.0. The standard InChI is InChI=1S/C14H23N3O3/c1-9-10(8-15-17(9)2)4-7-13(18)16-11-5-6-12(20-3)14(11)19/h8,11-12,14,19H,4-7H2,1-3H3,(H,16,18)/t11-,12-,14-/m1/s1. The lowest BCUT2D eigenvalue weighted by molar-refractivity contribution is -0.122. The second-order valence-corrected chi connectivity index (χ2v) is 5.39. The molecule has 1 aromatic rings. The predicted octanol–water partition coefficient (Wildman–Crippen LogP) is 0.316. The lowest BCUT2D eigenvalue weighted by atomic mass is 10.1. The molecule has 6 nitrogen and oxygen atoms in total. The molecule has 1 fully saturated rings. The highest BCUT2D eigenvalue weighted by molar-refractivity contribution is 5.76. The maximum Gasteiger partial charge on any atom is 0.220 e. The van der Waals surface area contributed by atoms with Gasteiger partial charge in [-0.3, -0.25) is 9.48 Å². The Morgan fingerprint density at radius 2 is 2.35 bits per heavy atom. The number of hydrogen-bond acceptors (Lipinski definition) is 4. The molecule has 2 rings (SSSR count). The van der Waals surface area contributed by atoms with Crippen LogP contribution in [0, 0.1) is 6.92 Å². The van der Waals surface area contributed by atoms with Crippen molar-refractivity contribution in [1.82, 2.24) is 15.1 Å². The highest BCUT2D eigenvalue weighted by Gasteiger charge is 2.35. The molecule has 1 aliphatic carbocycles. The van der Waals surface area contributed by atoms with Gasteiger partial charge >= 0.3 is 0 Å². The van der Waals surface area contributed by atoms with Gasteiger partial charge in [-0.1, -0.05) is 0 Å². The molecule has 6 heteroatoms. The van der Waals surface area contributed by atoms with Gasteiger partial charge < -0.3 is 15.2 Å². The zero-order valence-electron chi connectivity index (χ0n) is 12.3. The number of carbonyl (C=O) groups excluding carboxylic acids is 1. The number of methoxy groups -OCH3 is 1. The van der Waals surface area contributed by atoms with Gasteiger partial charge in [0.2, 0.25) is 5.91 Å². The second kappa shape index (κ2) is 6.37. The largest absolute Gasteiger partial charge is 0.388 e. The summed E-state index contributed by atoms with van der Waals surface area (Å²) in [6.07, 6.45) is 3.65. The van der Waals surface area contributed by atoms with Gasteiger partial charge in [-0.15, -0.1) is 0 Å². The Hall–Kier alpha value is -1.40. The zero-order valence-corrected chi connectivity index (χ0v) is 12.3. The van der Waals surface area contributed by atoms with E-state index in [2.05, 4.69) is 10.4 Å². The monoisotopic (exact) mass is 281 g/mol. The Morgan fingerprint density at radius 1 is 1.60 bits per heavy atom. The molecule has 112 valence electrons. The average molecular weight is 281 g/mol. The summed E-state index contributed by atoms with van der Waals surface area (Å²) in [4.78, 5) is 11.9. The van der Waals surface area contributed by atoms with Crippen molar-refractivity contribution in [3.05, 3.63) is 17.5 Å². The Balaban J connectivity index is 1.80. The van der Waals surface area contributed by atoms with Gasteiger partial charge in [-0.25, -0.2) is 0 Å². The number of aryl methyl sites for hydroxylation is 2. The average Bonchev–Trinajstić information content (AvgIpc) is 2.93. The number of hydrogen-bond donors (Lipinski definition) is 2. The van der Waals surface area contributed by atoms with E-state index in [1.807, 2.05) is 14.0 Å². The van der Waals surface area contributed by atoms with Gasteiger partial charge in [0.05, 0.1) is 18.3 Å². The van der Waals surface area contributed by atoms with Gasteiger partial charge in [0.25, 0.3) is 0 Å². The van der Waals surface area contributed by atoms with Crippen LogP contribution in [0.1, 0.15) is 30.5 Å². The normalized spacial score (nSPS) is 25.9. The SMILES string of the molecule is CO[C@@H]1CC[C@@H](NC(=O)CCc2cnn(C)c2C)[C@H]1O. The molecule has 1 amide bonds. The third-order valence-electron chi connectivity index (χ3n) is 4.16. The van der Waals surface area contributed by atoms with Crippen LogP contribution >= 0.6 is 0 Å². The topological polar surface area (TPSA) is 76.4 Å². The molecule has 1 heterocycles. The fraction of sp³-hybridized carbons (Fsp3) is 0.714. The smallest absolute Gasteiger partial charge is 0.220 e. The molecular formula is C14H23N3O3. The van der Waals surface area contributed by atoms with Crippen molar-refractivity contribution in [3.63, 3.8) is 0 Å². The summed E-state index contributed by atoms with van der Waals surface area (Å²) < 4.78 is 6.97. The highest BCUT2D eigenvalue weighted by Crippen LogP contribution is 2.22. The molecule has 20 heavy (non-hydrogen) atoms. The third kappa shape index (κ3) is 3.19. The maximum absolute atomic E-state index is 11.9. The second-order valence-electron chi connectivity index (χ2n) is 5.39. The lowest BCUT2D eigenvalue weighted by Gasteiger charge is -2.19. The van der Waals surface area contributed by atoms with Crippen LogP contribution < -0.4 is 5.32 Å². The van der Waals surface area contributed by atoms with E-state index >= 15 is 0 Å². The number of nitrogens with zero attached hydrogens (tertiary/aromatic N) is 2. The van der Waals surface area contributed by atoms with E-state index < -0.39 is 6.10 Å². The van der Waals surface area contributed by atoms with Crippen molar-refractivity contribution >= 4 is 5.91 Å². The summed E-state index contributed by atoms with van der Waals surface area (Å²) >= 11 is 0. The molecule has 0 unspecified atom stereocenters. The number of amides is 1. The molecule has 0 radical (unpaired) electrons. The fourth-order valence-electron chi connectivity index (χ4n) is 2.68. The van der Waals surface area contributed by atoms with Gasteiger partial charge in [0, 0.05) is 26.3 Å². The van der Waals surface area contributed by atoms with Crippen molar-refractivity contribution in [2.24, 2.45) is 7.05 Å². The summed E-state index contributed by atoms with van der Waals surface area (Å²) in [5.41, 5.74) is 2.17. The molecule has 0 aromatic carbocycles. The van der Waals surface area contributed by atoms with E-state index in [4.69, 9.17) is 4.74 Å². The molecule has 2 N–H and O–H groups in total. The minimum atomic E-state index is -0.607. The quantitative estimate of drug-likeness (QED) is 0.815. The van der Waals surface area contributed by atoms with Gasteiger partial charge in [0.15, 0.2) is 0 Å². The predicted molar refractivity (Wildman–Crippen MR) is 74.2 cm³/mol. The first-order chi connectivity index (χ1) is 9.52. The number of aliphatic hydroxyl groups is 1. The Morgan fingerprint density at radius 3 is 2.90 bits per heavy atom. The number of aromatic nitrogens is 2. The summed E-state index contributed by atoms with van der Waals surface area (Å²) in [5, 5.41) is 17.0. The van der Waals surface area contributed by atoms with Crippen LogP contribution in [-0.2, 0) is 23.0 Å². The summed E-state index contributed by atoms with van der Waals surface area (Å²) in [7, 11) is 3.47. The Labute approximate surface area is 119 Å². The molecule has 0 saturated heterocycles. The first-order valence-electron chi connectivity index (χ1n) is 7.00. The van der Waals surface area contributed by atoms with Crippen molar-refractivity contribution in [2.45, 2.75) is 50.9 Å². The minimum absolute atomic E-state index is 0.0333. The Kier molecular flexibility index (Phi) is 4.77. The van der Waals surface area contributed by atoms with Crippen LogP contribution in [0.2, 0.25) is 0 Å². The van der Waals surface area contributed by atoms with Crippen LogP contribution in [0.3, 0.4) is 0 Å². The van der Waals surface area contributed by atoms with E-state index in [9.17, 15) is 9.90 Å². The molecule has 0 bridgehead atoms. The molecule has 0 aliphatic heterocycles. The van der Waals surface area contributed by atoms with Crippen molar-refractivity contribution < 1.29 is 14.6 Å². The zero-order chi connectivity index (χ0) is 14.7. The van der Waals surface area contributed by atoms with E-state index in [1.165, 1.54) is 0 Å². The maximum atomic E-state index is 11.9. The van der Waals surface area contributed by atoms with Crippen molar-refractivity contribution in [3.8, 4) is 0 Å². The van der Waals surface area contributed by atoms with Crippen LogP contribution in [0.5, 0.6) is 0 Å². The van der Waals surface area contributed by atoms with Gasteiger partial charge in [-0.05, 0) is 31.7 Å². The van der Waals surface area contributed by atoms with E-state index in [-0.39, 0.29) is 18.1 Å². The molecule has 1 aliphatic rings. The molecule has 3 atom stereocenters. The number of ether oxygens (including phenoxy) is 1. The number of carbonyl (C=O) groups is 1. The van der Waals surface area contributed by atoms with Crippen LogP contribution in [0.25, 0.3) is 0 Å². The molecule has 0 spiro atoms. The molecule has 1 saturated carbocycles. The van der Waals surface area contributed by atoms with E-state index in [0.29, 0.717) is 12.8 Å². The van der Waals surface area contributed by atoms with Crippen molar-refractivity contribution in [2.75, 3.05) is 7.11 Å². The van der Waals surface area contributed by atoms with E-state index in [0.717, 1.165) is 24.1 Å². The summed E-state index contributed by atoms with van der Waals surface area (Å²) in [6, 6.07) is -0.192. The van der Waals surface area contributed by atoms with Gasteiger partial charge in [0.1, 0.15) is 6.10 Å². The lowest BCUT2D eigenvalue weighted by Crippen LogP contribution is -2.43. The summed E-state index contributed by atoms with van der Waals surface area (Å²) in [5.74, 6) is -0.0333. The van der Waals surface area contributed by atoms with E-state index in [1.54, 1.807) is 18.0 Å².